The fraction of sp³-hybridized carbons (Fsp3) is 0.409. The molecule has 4 heteroatoms. The van der Waals surface area contributed by atoms with Crippen LogP contribution >= 0.6 is 0 Å². The minimum atomic E-state index is 0.126. The minimum Gasteiger partial charge on any atom is -0.369 e. The Kier molecular flexibility index (Phi) is 6.81. The van der Waals surface area contributed by atoms with Crippen LogP contribution in [0.4, 0.5) is 5.69 Å². The molecule has 3 rings (SSSR count). The number of para-hydroxylation sites is 1. The molecule has 1 N–H and O–H groups in total. The predicted molar refractivity (Wildman–Crippen MR) is 108 cm³/mol. The van der Waals surface area contributed by atoms with Gasteiger partial charge in [-0.1, -0.05) is 36.4 Å². The molecular formula is C22H29N3O. The van der Waals surface area contributed by atoms with Crippen LogP contribution in [0.5, 0.6) is 0 Å². The first kappa shape index (κ1) is 18.6. The summed E-state index contributed by atoms with van der Waals surface area (Å²) >= 11 is 0. The number of carbonyl (C=O) groups is 1. The van der Waals surface area contributed by atoms with Crippen LogP contribution in [-0.2, 0) is 6.54 Å². The van der Waals surface area contributed by atoms with E-state index in [1.165, 1.54) is 11.3 Å². The van der Waals surface area contributed by atoms with Gasteiger partial charge in [-0.25, -0.2) is 0 Å². The van der Waals surface area contributed by atoms with E-state index in [2.05, 4.69) is 51.5 Å². The average Bonchev–Trinajstić information content (AvgIpc) is 2.69. The number of carbonyl (C=O) groups excluding carboxylic acids is 1. The zero-order valence-corrected chi connectivity index (χ0v) is 15.7. The highest BCUT2D eigenvalue weighted by Gasteiger charge is 2.16. The van der Waals surface area contributed by atoms with Gasteiger partial charge in [0.25, 0.3) is 0 Å². The lowest BCUT2D eigenvalue weighted by molar-refractivity contribution is 0.101. The Morgan fingerprint density at radius 1 is 1.00 bits per heavy atom. The van der Waals surface area contributed by atoms with Crippen LogP contribution in [-0.4, -0.2) is 50.0 Å². The SMILES string of the molecule is CC(=O)c1cccc(CNCCCN2CCN(c3ccccc3)CC2)c1. The minimum absolute atomic E-state index is 0.126. The maximum absolute atomic E-state index is 11.4. The van der Waals surface area contributed by atoms with Crippen LogP contribution in [0.1, 0.15) is 29.3 Å². The average molecular weight is 351 g/mol. The van der Waals surface area contributed by atoms with Crippen molar-refractivity contribution in [1.82, 2.24) is 10.2 Å². The van der Waals surface area contributed by atoms with Gasteiger partial charge < -0.3 is 10.2 Å². The molecular weight excluding hydrogens is 322 g/mol. The Morgan fingerprint density at radius 2 is 1.77 bits per heavy atom. The first-order valence-corrected chi connectivity index (χ1v) is 9.55. The van der Waals surface area contributed by atoms with Gasteiger partial charge in [-0.2, -0.15) is 0 Å². The molecule has 0 spiro atoms. The number of hydrogen-bond acceptors (Lipinski definition) is 4. The van der Waals surface area contributed by atoms with Crippen LogP contribution in [0.2, 0.25) is 0 Å². The summed E-state index contributed by atoms with van der Waals surface area (Å²) in [7, 11) is 0. The molecule has 138 valence electrons. The van der Waals surface area contributed by atoms with Crippen molar-refractivity contribution < 1.29 is 4.79 Å². The summed E-state index contributed by atoms with van der Waals surface area (Å²) in [6.45, 7) is 9.06. The summed E-state index contributed by atoms with van der Waals surface area (Å²) in [6, 6.07) is 18.6. The number of rotatable bonds is 8. The summed E-state index contributed by atoms with van der Waals surface area (Å²) < 4.78 is 0. The largest absolute Gasteiger partial charge is 0.369 e. The molecule has 0 amide bonds. The van der Waals surface area contributed by atoms with Gasteiger partial charge in [-0.05, 0) is 50.2 Å². The molecule has 1 saturated heterocycles. The first-order valence-electron chi connectivity index (χ1n) is 9.55. The number of nitrogens with one attached hydrogen (secondary N) is 1. The molecule has 4 nitrogen and oxygen atoms in total. The number of nitrogens with zero attached hydrogens (tertiary/aromatic N) is 2. The Balaban J connectivity index is 1.31. The van der Waals surface area contributed by atoms with Crippen LogP contribution in [0.15, 0.2) is 54.6 Å². The monoisotopic (exact) mass is 351 g/mol. The van der Waals surface area contributed by atoms with Gasteiger partial charge in [0.15, 0.2) is 5.78 Å². The number of Topliss-reactive ketones (excluding diaryl/α,β-unsaturated/α-hetero) is 1. The molecule has 26 heavy (non-hydrogen) atoms. The lowest BCUT2D eigenvalue weighted by atomic mass is 10.1. The van der Waals surface area contributed by atoms with E-state index in [1.807, 2.05) is 18.2 Å². The number of ketones is 1. The highest BCUT2D eigenvalue weighted by atomic mass is 16.1. The second-order valence-electron chi connectivity index (χ2n) is 6.95. The van der Waals surface area contributed by atoms with Crippen molar-refractivity contribution in [3.8, 4) is 0 Å². The second-order valence-corrected chi connectivity index (χ2v) is 6.95. The number of benzene rings is 2. The van der Waals surface area contributed by atoms with Gasteiger partial charge in [-0.15, -0.1) is 0 Å². The fourth-order valence-corrected chi connectivity index (χ4v) is 3.43. The zero-order valence-electron chi connectivity index (χ0n) is 15.7. The quantitative estimate of drug-likeness (QED) is 0.585. The molecule has 0 atom stereocenters. The lowest BCUT2D eigenvalue weighted by Crippen LogP contribution is -2.46. The van der Waals surface area contributed by atoms with E-state index >= 15 is 0 Å². The predicted octanol–water partition coefficient (Wildman–Crippen LogP) is 3.19. The lowest BCUT2D eigenvalue weighted by Gasteiger charge is -2.36. The number of piperazine rings is 1. The molecule has 1 heterocycles. The van der Waals surface area contributed by atoms with Gasteiger partial charge >= 0.3 is 0 Å². The standard InChI is InChI=1S/C22H29N3O/c1-19(26)21-8-5-7-20(17-21)18-23-11-6-12-24-13-15-25(16-14-24)22-9-3-2-4-10-22/h2-5,7-10,17,23H,6,11-16,18H2,1H3. The molecule has 0 radical (unpaired) electrons. The molecule has 0 unspecified atom stereocenters. The van der Waals surface area contributed by atoms with Crippen molar-refractivity contribution in [2.75, 3.05) is 44.2 Å². The van der Waals surface area contributed by atoms with E-state index in [9.17, 15) is 4.79 Å². The van der Waals surface area contributed by atoms with Gasteiger partial charge in [0.05, 0.1) is 0 Å². The first-order chi connectivity index (χ1) is 12.7. The third-order valence-corrected chi connectivity index (χ3v) is 4.98. The van der Waals surface area contributed by atoms with Crippen molar-refractivity contribution in [3.05, 3.63) is 65.7 Å². The van der Waals surface area contributed by atoms with Crippen molar-refractivity contribution >= 4 is 11.5 Å². The summed E-state index contributed by atoms with van der Waals surface area (Å²) in [4.78, 5) is 16.5. The van der Waals surface area contributed by atoms with E-state index in [4.69, 9.17) is 0 Å². The van der Waals surface area contributed by atoms with Crippen LogP contribution < -0.4 is 10.2 Å². The maximum Gasteiger partial charge on any atom is 0.159 e. The molecule has 1 aliphatic heterocycles. The van der Waals surface area contributed by atoms with Crippen LogP contribution in [0.3, 0.4) is 0 Å². The molecule has 0 bridgehead atoms. The third-order valence-electron chi connectivity index (χ3n) is 4.98. The zero-order chi connectivity index (χ0) is 18.2. The smallest absolute Gasteiger partial charge is 0.159 e. The van der Waals surface area contributed by atoms with E-state index in [-0.39, 0.29) is 5.78 Å². The Bertz CT molecular complexity index is 694. The van der Waals surface area contributed by atoms with Gasteiger partial charge in [0.2, 0.25) is 0 Å². The molecule has 0 saturated carbocycles. The van der Waals surface area contributed by atoms with Crippen LogP contribution in [0, 0.1) is 0 Å². The van der Waals surface area contributed by atoms with Gasteiger partial charge in [0, 0.05) is 44.0 Å². The van der Waals surface area contributed by atoms with Gasteiger partial charge in [0.1, 0.15) is 0 Å². The summed E-state index contributed by atoms with van der Waals surface area (Å²) in [5.41, 5.74) is 3.30. The molecule has 2 aromatic carbocycles. The third kappa shape index (κ3) is 5.41. The number of anilines is 1. The van der Waals surface area contributed by atoms with Crippen LogP contribution in [0.25, 0.3) is 0 Å². The summed E-state index contributed by atoms with van der Waals surface area (Å²) in [5, 5.41) is 3.49. The van der Waals surface area contributed by atoms with E-state index < -0.39 is 0 Å². The fourth-order valence-electron chi connectivity index (χ4n) is 3.43. The number of hydrogen-bond donors (Lipinski definition) is 1. The summed E-state index contributed by atoms with van der Waals surface area (Å²) in [6.07, 6.45) is 1.15. The highest BCUT2D eigenvalue weighted by molar-refractivity contribution is 5.94. The molecule has 0 aliphatic carbocycles. The maximum atomic E-state index is 11.4. The van der Waals surface area contributed by atoms with Crippen molar-refractivity contribution in [2.24, 2.45) is 0 Å². The van der Waals surface area contributed by atoms with E-state index in [0.29, 0.717) is 0 Å². The van der Waals surface area contributed by atoms with Crippen molar-refractivity contribution in [1.29, 1.82) is 0 Å². The molecule has 2 aromatic rings. The highest BCUT2D eigenvalue weighted by Crippen LogP contribution is 2.15. The Morgan fingerprint density at radius 3 is 2.50 bits per heavy atom. The Labute approximate surface area is 156 Å². The van der Waals surface area contributed by atoms with Gasteiger partial charge in [-0.3, -0.25) is 9.69 Å². The second kappa shape index (κ2) is 9.51. The molecule has 1 fully saturated rings. The topological polar surface area (TPSA) is 35.6 Å². The molecule has 0 aromatic heterocycles. The van der Waals surface area contributed by atoms with E-state index in [0.717, 1.165) is 57.8 Å². The molecule has 1 aliphatic rings. The normalized spacial score (nSPS) is 15.2. The van der Waals surface area contributed by atoms with E-state index in [1.54, 1.807) is 6.92 Å². The van der Waals surface area contributed by atoms with Crippen molar-refractivity contribution in [3.63, 3.8) is 0 Å². The Hall–Kier alpha value is -2.17. The summed E-state index contributed by atoms with van der Waals surface area (Å²) in [5.74, 6) is 0.126. The van der Waals surface area contributed by atoms with Crippen molar-refractivity contribution in [2.45, 2.75) is 19.9 Å².